The minimum absolute atomic E-state index is 0.462. The Morgan fingerprint density at radius 3 is 1.62 bits per heavy atom. The lowest BCUT2D eigenvalue weighted by Crippen LogP contribution is -2.46. The molecule has 1 saturated heterocycles. The highest BCUT2D eigenvalue weighted by Gasteiger charge is 2.34. The van der Waals surface area contributed by atoms with Crippen molar-refractivity contribution in [3.63, 3.8) is 0 Å². The topological polar surface area (TPSA) is 18.5 Å². The summed E-state index contributed by atoms with van der Waals surface area (Å²) >= 11 is 0. The van der Waals surface area contributed by atoms with Crippen molar-refractivity contribution in [2.45, 2.75) is 25.0 Å². The van der Waals surface area contributed by atoms with Crippen molar-refractivity contribution in [3.05, 3.63) is 0 Å². The Kier molecular flexibility index (Phi) is 1.02. The molecule has 0 bridgehead atoms. The van der Waals surface area contributed by atoms with Gasteiger partial charge >= 0.3 is 0 Å². The lowest BCUT2D eigenvalue weighted by Gasteiger charge is -2.39. The van der Waals surface area contributed by atoms with Gasteiger partial charge in [-0.3, -0.25) is 0 Å². The Bertz CT molecular complexity index is 80.5. The Balaban J connectivity index is 1.92. The molecule has 2 rings (SSSR count). The van der Waals surface area contributed by atoms with Crippen molar-refractivity contribution in [1.29, 1.82) is 0 Å². The van der Waals surface area contributed by atoms with E-state index in [2.05, 4.69) is 0 Å². The molecule has 0 amide bonds. The van der Waals surface area contributed by atoms with Gasteiger partial charge in [-0.15, -0.1) is 0 Å². The van der Waals surface area contributed by atoms with E-state index in [-0.39, 0.29) is 0 Å². The Morgan fingerprint density at radius 2 is 1.38 bits per heavy atom. The van der Waals surface area contributed by atoms with E-state index in [0.717, 1.165) is 13.2 Å². The molecule has 1 aliphatic carbocycles. The molecule has 2 heteroatoms. The second-order valence-corrected chi connectivity index (χ2v) is 2.40. The molecule has 0 aromatic heterocycles. The number of hydrogen-bond donors (Lipinski definition) is 0. The fraction of sp³-hybridized carbons (Fsp3) is 1.00. The van der Waals surface area contributed by atoms with Gasteiger partial charge in [-0.25, -0.2) is 0 Å². The van der Waals surface area contributed by atoms with Crippen molar-refractivity contribution in [2.75, 3.05) is 13.2 Å². The molecule has 1 saturated carbocycles. The van der Waals surface area contributed by atoms with E-state index in [1.807, 2.05) is 0 Å². The van der Waals surface area contributed by atoms with Crippen molar-refractivity contribution in [3.8, 4) is 0 Å². The second-order valence-electron chi connectivity index (χ2n) is 2.40. The van der Waals surface area contributed by atoms with Crippen LogP contribution < -0.4 is 0 Å². The Hall–Kier alpha value is -0.0800. The molecular formula is C6H10O2. The molecule has 0 spiro atoms. The summed E-state index contributed by atoms with van der Waals surface area (Å²) in [6, 6.07) is 0. The van der Waals surface area contributed by atoms with Crippen LogP contribution in [-0.2, 0) is 9.47 Å². The first-order valence-electron chi connectivity index (χ1n) is 3.20. The fourth-order valence-electron chi connectivity index (χ4n) is 1.22. The molecule has 0 N–H and O–H groups in total. The minimum Gasteiger partial charge on any atom is -0.373 e. The lowest BCUT2D eigenvalue weighted by atomic mass is 9.91. The number of fused-ring (bicyclic) bond motifs is 1. The van der Waals surface area contributed by atoms with Crippen LogP contribution in [0.1, 0.15) is 12.8 Å². The monoisotopic (exact) mass is 114 g/mol. The molecule has 46 valence electrons. The number of hydrogen-bond acceptors (Lipinski definition) is 2. The molecule has 2 atom stereocenters. The van der Waals surface area contributed by atoms with Crippen molar-refractivity contribution < 1.29 is 9.47 Å². The van der Waals surface area contributed by atoms with Gasteiger partial charge in [-0.1, -0.05) is 0 Å². The molecule has 0 aromatic rings. The van der Waals surface area contributed by atoms with Crippen LogP contribution in [0.25, 0.3) is 0 Å². The zero-order chi connectivity index (χ0) is 5.40. The first-order valence-corrected chi connectivity index (χ1v) is 3.20. The minimum atomic E-state index is 0.462. The van der Waals surface area contributed by atoms with Gasteiger partial charge in [0.1, 0.15) is 0 Å². The summed E-state index contributed by atoms with van der Waals surface area (Å²) in [6.07, 6.45) is 3.35. The molecular weight excluding hydrogens is 104 g/mol. The van der Waals surface area contributed by atoms with E-state index in [1.165, 1.54) is 12.8 Å². The molecule has 1 aliphatic heterocycles. The molecule has 2 unspecified atom stereocenters. The standard InChI is InChI=1S/C6H10O2/c1-2-6-5(1)7-3-4-8-6/h5-6H,1-4H2. The first kappa shape index (κ1) is 4.77. The normalized spacial score (nSPS) is 45.0. The maximum atomic E-state index is 5.35. The zero-order valence-electron chi connectivity index (χ0n) is 4.80. The third-order valence-electron chi connectivity index (χ3n) is 1.90. The summed E-state index contributed by atoms with van der Waals surface area (Å²) in [6.45, 7) is 1.61. The van der Waals surface area contributed by atoms with Gasteiger partial charge in [0, 0.05) is 0 Å². The van der Waals surface area contributed by atoms with Crippen LogP contribution in [0.2, 0.25) is 0 Å². The summed E-state index contributed by atoms with van der Waals surface area (Å²) in [4.78, 5) is 0. The fourth-order valence-corrected chi connectivity index (χ4v) is 1.22. The highest BCUT2D eigenvalue weighted by molar-refractivity contribution is 4.84. The first-order chi connectivity index (χ1) is 3.97. The summed E-state index contributed by atoms with van der Waals surface area (Å²) < 4.78 is 10.7. The van der Waals surface area contributed by atoms with Gasteiger partial charge in [-0.05, 0) is 12.8 Å². The summed E-state index contributed by atoms with van der Waals surface area (Å²) in [5.74, 6) is 0. The highest BCUT2D eigenvalue weighted by atomic mass is 16.6. The van der Waals surface area contributed by atoms with Crippen molar-refractivity contribution in [2.24, 2.45) is 0 Å². The van der Waals surface area contributed by atoms with Crippen LogP contribution in [-0.4, -0.2) is 25.4 Å². The molecule has 1 heterocycles. The molecule has 0 aromatic carbocycles. The number of rotatable bonds is 0. The van der Waals surface area contributed by atoms with Crippen LogP contribution in [0.3, 0.4) is 0 Å². The van der Waals surface area contributed by atoms with Gasteiger partial charge in [0.2, 0.25) is 0 Å². The van der Waals surface area contributed by atoms with E-state index in [0.29, 0.717) is 12.2 Å². The maximum absolute atomic E-state index is 5.35. The third-order valence-corrected chi connectivity index (χ3v) is 1.90. The Labute approximate surface area is 48.8 Å². The van der Waals surface area contributed by atoms with Crippen LogP contribution in [0.5, 0.6) is 0 Å². The van der Waals surface area contributed by atoms with Gasteiger partial charge in [0.25, 0.3) is 0 Å². The van der Waals surface area contributed by atoms with E-state index in [1.54, 1.807) is 0 Å². The van der Waals surface area contributed by atoms with E-state index in [9.17, 15) is 0 Å². The summed E-state index contributed by atoms with van der Waals surface area (Å²) in [5.41, 5.74) is 0. The van der Waals surface area contributed by atoms with Gasteiger partial charge < -0.3 is 9.47 Å². The Morgan fingerprint density at radius 1 is 0.875 bits per heavy atom. The van der Waals surface area contributed by atoms with Crippen molar-refractivity contribution in [1.82, 2.24) is 0 Å². The molecule has 0 radical (unpaired) electrons. The largest absolute Gasteiger partial charge is 0.373 e. The van der Waals surface area contributed by atoms with Crippen LogP contribution >= 0.6 is 0 Å². The summed E-state index contributed by atoms with van der Waals surface area (Å²) in [5, 5.41) is 0. The average Bonchev–Trinajstić information content (AvgIpc) is 1.72. The SMILES string of the molecule is C1COC2CCC2O1. The highest BCUT2D eigenvalue weighted by Crippen LogP contribution is 2.28. The van der Waals surface area contributed by atoms with E-state index < -0.39 is 0 Å². The molecule has 2 nitrogen and oxygen atoms in total. The predicted octanol–water partition coefficient (Wildman–Crippen LogP) is 0.564. The summed E-state index contributed by atoms with van der Waals surface area (Å²) in [7, 11) is 0. The second kappa shape index (κ2) is 1.71. The molecule has 2 fully saturated rings. The van der Waals surface area contributed by atoms with Crippen LogP contribution in [0.15, 0.2) is 0 Å². The lowest BCUT2D eigenvalue weighted by molar-refractivity contribution is -0.185. The molecule has 2 aliphatic rings. The predicted molar refractivity (Wildman–Crippen MR) is 28.7 cm³/mol. The van der Waals surface area contributed by atoms with Crippen molar-refractivity contribution >= 4 is 0 Å². The molecule has 8 heavy (non-hydrogen) atoms. The maximum Gasteiger partial charge on any atom is 0.0838 e. The van der Waals surface area contributed by atoms with E-state index >= 15 is 0 Å². The van der Waals surface area contributed by atoms with Gasteiger partial charge in [0.05, 0.1) is 25.4 Å². The zero-order valence-corrected chi connectivity index (χ0v) is 4.80. The van der Waals surface area contributed by atoms with Gasteiger partial charge in [0.15, 0.2) is 0 Å². The third kappa shape index (κ3) is 0.565. The van der Waals surface area contributed by atoms with Crippen LogP contribution in [0, 0.1) is 0 Å². The average molecular weight is 114 g/mol. The van der Waals surface area contributed by atoms with E-state index in [4.69, 9.17) is 9.47 Å². The number of ether oxygens (including phenoxy) is 2. The van der Waals surface area contributed by atoms with Crippen LogP contribution in [0.4, 0.5) is 0 Å². The van der Waals surface area contributed by atoms with Gasteiger partial charge in [-0.2, -0.15) is 0 Å². The quantitative estimate of drug-likeness (QED) is 0.458. The smallest absolute Gasteiger partial charge is 0.0838 e.